The van der Waals surface area contributed by atoms with Gasteiger partial charge in [-0.25, -0.2) is 8.42 Å². The molecular weight excluding hydrogens is 410 g/mol. The van der Waals surface area contributed by atoms with Crippen molar-refractivity contribution in [2.45, 2.75) is 30.7 Å². The first-order chi connectivity index (χ1) is 13.2. The Bertz CT molecular complexity index is 1010. The topological polar surface area (TPSA) is 123 Å². The summed E-state index contributed by atoms with van der Waals surface area (Å²) >= 11 is 5.76. The van der Waals surface area contributed by atoms with Gasteiger partial charge in [-0.15, -0.1) is 0 Å². The zero-order valence-corrected chi connectivity index (χ0v) is 16.5. The minimum Gasteiger partial charge on any atom is -0.456 e. The molecule has 11 heteroatoms. The van der Waals surface area contributed by atoms with Crippen molar-refractivity contribution in [1.29, 1.82) is 0 Å². The Morgan fingerprint density at radius 3 is 2.54 bits per heavy atom. The van der Waals surface area contributed by atoms with Crippen molar-refractivity contribution in [1.82, 2.24) is 9.62 Å². The van der Waals surface area contributed by atoms with Crippen LogP contribution in [-0.4, -0.2) is 42.7 Å². The second kappa shape index (κ2) is 7.90. The SMILES string of the molecule is Cc1ccc(C(=O)NC2CCN(S(=O)(=O)c3ccc(Cl)cc3[N+](=O)[O-])CC2)o1. The third-order valence-corrected chi connectivity index (χ3v) is 6.67. The van der Waals surface area contributed by atoms with E-state index in [1.54, 1.807) is 19.1 Å². The number of aryl methyl sites for hydroxylation is 1. The third kappa shape index (κ3) is 4.18. The van der Waals surface area contributed by atoms with Crippen LogP contribution in [0.4, 0.5) is 5.69 Å². The summed E-state index contributed by atoms with van der Waals surface area (Å²) in [6.07, 6.45) is 0.762. The molecule has 0 atom stereocenters. The van der Waals surface area contributed by atoms with Gasteiger partial charge in [-0.1, -0.05) is 11.6 Å². The summed E-state index contributed by atoms with van der Waals surface area (Å²) in [5, 5.41) is 14.1. The van der Waals surface area contributed by atoms with Crippen molar-refractivity contribution >= 4 is 33.2 Å². The first-order valence-corrected chi connectivity index (χ1v) is 10.3. The van der Waals surface area contributed by atoms with Gasteiger partial charge in [-0.2, -0.15) is 4.31 Å². The smallest absolute Gasteiger partial charge is 0.290 e. The highest BCUT2D eigenvalue weighted by Gasteiger charge is 2.34. The van der Waals surface area contributed by atoms with Gasteiger partial charge in [0.25, 0.3) is 11.6 Å². The number of nitro groups is 1. The largest absolute Gasteiger partial charge is 0.456 e. The fourth-order valence-electron chi connectivity index (χ4n) is 3.04. The van der Waals surface area contributed by atoms with Crippen LogP contribution in [0.3, 0.4) is 0 Å². The summed E-state index contributed by atoms with van der Waals surface area (Å²) in [5.74, 6) is 0.461. The molecule has 150 valence electrons. The van der Waals surface area contributed by atoms with E-state index in [-0.39, 0.29) is 35.8 Å². The molecule has 0 radical (unpaired) electrons. The lowest BCUT2D eigenvalue weighted by molar-refractivity contribution is -0.387. The molecule has 1 aliphatic heterocycles. The number of benzene rings is 1. The maximum Gasteiger partial charge on any atom is 0.290 e. The molecule has 1 amide bonds. The second-order valence-corrected chi connectivity index (χ2v) is 8.77. The molecule has 1 N–H and O–H groups in total. The number of nitrogens with one attached hydrogen (secondary N) is 1. The normalized spacial score (nSPS) is 16.1. The molecule has 1 saturated heterocycles. The van der Waals surface area contributed by atoms with Crippen molar-refractivity contribution in [3.05, 3.63) is 57.0 Å². The summed E-state index contributed by atoms with van der Waals surface area (Å²) in [4.78, 5) is 22.2. The number of sulfonamides is 1. The van der Waals surface area contributed by atoms with E-state index in [2.05, 4.69) is 5.32 Å². The van der Waals surface area contributed by atoms with Crippen LogP contribution in [0.1, 0.15) is 29.2 Å². The maximum absolute atomic E-state index is 12.9. The molecule has 28 heavy (non-hydrogen) atoms. The summed E-state index contributed by atoms with van der Waals surface area (Å²) < 4.78 is 32.2. The Kier molecular flexibility index (Phi) is 5.73. The first-order valence-electron chi connectivity index (χ1n) is 8.50. The molecule has 1 aromatic heterocycles. The maximum atomic E-state index is 12.9. The number of nitro benzene ring substituents is 1. The number of furan rings is 1. The van der Waals surface area contributed by atoms with E-state index in [4.69, 9.17) is 16.0 Å². The number of carbonyl (C=O) groups excluding carboxylic acids is 1. The average Bonchev–Trinajstić information content (AvgIpc) is 3.08. The van der Waals surface area contributed by atoms with Crippen LogP contribution in [0.5, 0.6) is 0 Å². The standard InChI is InChI=1S/C17H18ClN3O6S/c1-11-2-4-15(27-11)17(22)19-13-6-8-20(9-7-13)28(25,26)16-5-3-12(18)10-14(16)21(23)24/h2-5,10,13H,6-9H2,1H3,(H,19,22). The van der Waals surface area contributed by atoms with Gasteiger partial charge in [-0.05, 0) is 44.0 Å². The van der Waals surface area contributed by atoms with Crippen molar-refractivity contribution in [3.8, 4) is 0 Å². The van der Waals surface area contributed by atoms with Gasteiger partial charge < -0.3 is 9.73 Å². The Balaban J connectivity index is 1.69. The minimum absolute atomic E-state index is 0.0835. The van der Waals surface area contributed by atoms with Crippen LogP contribution in [0, 0.1) is 17.0 Å². The van der Waals surface area contributed by atoms with Crippen molar-refractivity contribution < 1.29 is 22.6 Å². The third-order valence-electron chi connectivity index (χ3n) is 4.49. The van der Waals surface area contributed by atoms with Gasteiger partial charge in [0.15, 0.2) is 10.7 Å². The Morgan fingerprint density at radius 2 is 1.96 bits per heavy atom. The highest BCUT2D eigenvalue weighted by atomic mass is 35.5. The van der Waals surface area contributed by atoms with E-state index >= 15 is 0 Å². The molecule has 1 aromatic carbocycles. The van der Waals surface area contributed by atoms with Gasteiger partial charge >= 0.3 is 0 Å². The Hall–Kier alpha value is -2.43. The van der Waals surface area contributed by atoms with E-state index in [0.717, 1.165) is 12.1 Å². The van der Waals surface area contributed by atoms with Gasteiger partial charge in [0, 0.05) is 30.2 Å². The number of hydrogen-bond acceptors (Lipinski definition) is 6. The van der Waals surface area contributed by atoms with Crippen LogP contribution in [0.2, 0.25) is 5.02 Å². The molecule has 9 nitrogen and oxygen atoms in total. The zero-order chi connectivity index (χ0) is 20.5. The van der Waals surface area contributed by atoms with Crippen LogP contribution in [0.25, 0.3) is 0 Å². The van der Waals surface area contributed by atoms with E-state index in [1.807, 2.05) is 0 Å². The number of amides is 1. The average molecular weight is 428 g/mol. The number of hydrogen-bond donors (Lipinski definition) is 1. The lowest BCUT2D eigenvalue weighted by atomic mass is 10.1. The van der Waals surface area contributed by atoms with E-state index < -0.39 is 25.5 Å². The van der Waals surface area contributed by atoms with Crippen molar-refractivity contribution in [2.24, 2.45) is 0 Å². The Labute approximate surface area is 166 Å². The molecule has 0 saturated carbocycles. The Morgan fingerprint density at radius 1 is 1.29 bits per heavy atom. The molecule has 1 fully saturated rings. The fraction of sp³-hybridized carbons (Fsp3) is 0.353. The zero-order valence-electron chi connectivity index (χ0n) is 14.9. The molecular formula is C17H18ClN3O6S. The van der Waals surface area contributed by atoms with Crippen molar-refractivity contribution in [2.75, 3.05) is 13.1 Å². The number of nitrogens with zero attached hydrogens (tertiary/aromatic N) is 2. The van der Waals surface area contributed by atoms with Gasteiger partial charge in [0.1, 0.15) is 5.76 Å². The quantitative estimate of drug-likeness (QED) is 0.578. The van der Waals surface area contributed by atoms with E-state index in [0.29, 0.717) is 18.6 Å². The predicted octanol–water partition coefficient (Wildman–Crippen LogP) is 2.73. The lowest BCUT2D eigenvalue weighted by Gasteiger charge is -2.31. The number of rotatable bonds is 5. The lowest BCUT2D eigenvalue weighted by Crippen LogP contribution is -2.46. The fourth-order valence-corrected chi connectivity index (χ4v) is 4.82. The van der Waals surface area contributed by atoms with Crippen LogP contribution in [0.15, 0.2) is 39.6 Å². The second-order valence-electron chi connectivity index (χ2n) is 6.43. The molecule has 1 aliphatic rings. The molecule has 3 rings (SSSR count). The summed E-state index contributed by atoms with van der Waals surface area (Å²) in [7, 11) is -4.05. The van der Waals surface area contributed by atoms with Crippen molar-refractivity contribution in [3.63, 3.8) is 0 Å². The first kappa shape index (κ1) is 20.3. The highest BCUT2D eigenvalue weighted by molar-refractivity contribution is 7.89. The van der Waals surface area contributed by atoms with Gasteiger partial charge in [-0.3, -0.25) is 14.9 Å². The number of piperidine rings is 1. The molecule has 0 unspecified atom stereocenters. The van der Waals surface area contributed by atoms with Crippen LogP contribution in [-0.2, 0) is 10.0 Å². The van der Waals surface area contributed by atoms with Crippen LogP contribution < -0.4 is 5.32 Å². The monoisotopic (exact) mass is 427 g/mol. The van der Waals surface area contributed by atoms with E-state index in [1.165, 1.54) is 10.4 Å². The highest BCUT2D eigenvalue weighted by Crippen LogP contribution is 2.30. The summed E-state index contributed by atoms with van der Waals surface area (Å²) in [5.41, 5.74) is -0.559. The molecule has 2 aromatic rings. The number of carbonyl (C=O) groups is 1. The molecule has 2 heterocycles. The van der Waals surface area contributed by atoms with E-state index in [9.17, 15) is 23.3 Å². The summed E-state index contributed by atoms with van der Waals surface area (Å²) in [6.45, 7) is 1.99. The van der Waals surface area contributed by atoms with Crippen LogP contribution >= 0.6 is 11.6 Å². The molecule has 0 aliphatic carbocycles. The molecule has 0 bridgehead atoms. The van der Waals surface area contributed by atoms with Gasteiger partial charge in [0.2, 0.25) is 10.0 Å². The minimum atomic E-state index is -4.05. The number of halogens is 1. The van der Waals surface area contributed by atoms with Gasteiger partial charge in [0.05, 0.1) is 4.92 Å². The molecule has 0 spiro atoms. The summed E-state index contributed by atoms with van der Waals surface area (Å²) in [6, 6.07) is 6.51. The predicted molar refractivity (Wildman–Crippen MR) is 101 cm³/mol.